The number of hydrogen-bond donors (Lipinski definition) is 1. The third-order valence-electron chi connectivity index (χ3n) is 2.57. The molecule has 0 aromatic carbocycles. The number of piperidine rings is 1. The fourth-order valence-corrected chi connectivity index (χ4v) is 1.73. The lowest BCUT2D eigenvalue weighted by Gasteiger charge is -2.31. The molecule has 4 nitrogen and oxygen atoms in total. The second-order valence-electron chi connectivity index (χ2n) is 3.66. The summed E-state index contributed by atoms with van der Waals surface area (Å²) in [7, 11) is 0. The highest BCUT2D eigenvalue weighted by Gasteiger charge is 2.22. The third kappa shape index (κ3) is 3.91. The molecule has 1 aliphatic rings. The molecule has 0 bridgehead atoms. The molecule has 0 aliphatic carbocycles. The van der Waals surface area contributed by atoms with Crippen LogP contribution in [0.4, 0.5) is 4.79 Å². The molecular weight excluding hydrogens is 192 g/mol. The molecule has 1 aliphatic heterocycles. The molecule has 1 heterocycles. The smallest absolute Gasteiger partial charge is 0.409 e. The Morgan fingerprint density at radius 3 is 2.80 bits per heavy atom. The van der Waals surface area contributed by atoms with Crippen molar-refractivity contribution in [3.05, 3.63) is 12.7 Å². The van der Waals surface area contributed by atoms with E-state index < -0.39 is 0 Å². The number of amides is 1. The van der Waals surface area contributed by atoms with Gasteiger partial charge in [0.2, 0.25) is 0 Å². The SMILES string of the molecule is C=CCNC1CCN(C(=O)OCC)CC1. The molecule has 1 N–H and O–H groups in total. The van der Waals surface area contributed by atoms with Gasteiger partial charge in [-0.15, -0.1) is 6.58 Å². The van der Waals surface area contributed by atoms with Crippen LogP contribution in [0, 0.1) is 0 Å². The fourth-order valence-electron chi connectivity index (χ4n) is 1.73. The molecular formula is C11H20N2O2. The molecule has 0 aromatic rings. The largest absolute Gasteiger partial charge is 0.450 e. The van der Waals surface area contributed by atoms with Crippen LogP contribution in [-0.4, -0.2) is 43.3 Å². The van der Waals surface area contributed by atoms with Gasteiger partial charge >= 0.3 is 6.09 Å². The first-order chi connectivity index (χ1) is 7.27. The van der Waals surface area contributed by atoms with Crippen LogP contribution >= 0.6 is 0 Å². The third-order valence-corrected chi connectivity index (χ3v) is 2.57. The molecule has 0 unspecified atom stereocenters. The number of ether oxygens (including phenoxy) is 1. The highest BCUT2D eigenvalue weighted by Crippen LogP contribution is 2.11. The van der Waals surface area contributed by atoms with Crippen LogP contribution in [0.3, 0.4) is 0 Å². The Balaban J connectivity index is 2.23. The van der Waals surface area contributed by atoms with E-state index in [0.717, 1.165) is 32.5 Å². The van der Waals surface area contributed by atoms with Gasteiger partial charge < -0.3 is 15.0 Å². The van der Waals surface area contributed by atoms with Crippen LogP contribution in [0.1, 0.15) is 19.8 Å². The lowest BCUT2D eigenvalue weighted by Crippen LogP contribution is -2.45. The summed E-state index contributed by atoms with van der Waals surface area (Å²) in [6.45, 7) is 8.36. The number of nitrogens with one attached hydrogen (secondary N) is 1. The van der Waals surface area contributed by atoms with E-state index in [0.29, 0.717) is 12.6 Å². The second-order valence-corrected chi connectivity index (χ2v) is 3.66. The summed E-state index contributed by atoms with van der Waals surface area (Å²) in [5.74, 6) is 0. The van der Waals surface area contributed by atoms with Crippen molar-refractivity contribution in [2.75, 3.05) is 26.2 Å². The number of nitrogens with zero attached hydrogens (tertiary/aromatic N) is 1. The maximum atomic E-state index is 11.4. The molecule has 0 aromatic heterocycles. The van der Waals surface area contributed by atoms with Crippen LogP contribution in [-0.2, 0) is 4.74 Å². The molecule has 0 radical (unpaired) electrons. The van der Waals surface area contributed by atoms with E-state index in [1.54, 1.807) is 4.90 Å². The summed E-state index contributed by atoms with van der Waals surface area (Å²) < 4.78 is 4.95. The quantitative estimate of drug-likeness (QED) is 0.716. The second kappa shape index (κ2) is 6.45. The zero-order chi connectivity index (χ0) is 11.1. The fraction of sp³-hybridized carbons (Fsp3) is 0.727. The Morgan fingerprint density at radius 2 is 2.27 bits per heavy atom. The zero-order valence-electron chi connectivity index (χ0n) is 9.37. The van der Waals surface area contributed by atoms with Crippen LogP contribution in [0.25, 0.3) is 0 Å². The van der Waals surface area contributed by atoms with Gasteiger partial charge in [-0.2, -0.15) is 0 Å². The summed E-state index contributed by atoms with van der Waals surface area (Å²) in [4.78, 5) is 13.2. The number of carbonyl (C=O) groups excluding carboxylic acids is 1. The van der Waals surface area contributed by atoms with Crippen LogP contribution in [0.15, 0.2) is 12.7 Å². The summed E-state index contributed by atoms with van der Waals surface area (Å²) in [6.07, 6.45) is 3.66. The van der Waals surface area contributed by atoms with Crippen LogP contribution in [0.2, 0.25) is 0 Å². The Morgan fingerprint density at radius 1 is 1.60 bits per heavy atom. The van der Waals surface area contributed by atoms with E-state index in [-0.39, 0.29) is 6.09 Å². The topological polar surface area (TPSA) is 41.6 Å². The first-order valence-corrected chi connectivity index (χ1v) is 5.54. The number of rotatable bonds is 4. The standard InChI is InChI=1S/C11H20N2O2/c1-3-7-12-10-5-8-13(9-6-10)11(14)15-4-2/h3,10,12H,1,4-9H2,2H3. The minimum Gasteiger partial charge on any atom is -0.450 e. The van der Waals surface area contributed by atoms with Crippen molar-refractivity contribution in [1.29, 1.82) is 0 Å². The van der Waals surface area contributed by atoms with Crippen molar-refractivity contribution in [2.45, 2.75) is 25.8 Å². The molecule has 0 spiro atoms. The van der Waals surface area contributed by atoms with E-state index >= 15 is 0 Å². The molecule has 86 valence electrons. The van der Waals surface area contributed by atoms with Gasteiger partial charge in [0.25, 0.3) is 0 Å². The molecule has 1 rings (SSSR count). The molecule has 1 amide bonds. The molecule has 1 fully saturated rings. The lowest BCUT2D eigenvalue weighted by molar-refractivity contribution is 0.0954. The summed E-state index contributed by atoms with van der Waals surface area (Å²) >= 11 is 0. The molecule has 0 atom stereocenters. The minimum absolute atomic E-state index is 0.181. The molecule has 0 saturated carbocycles. The number of likely N-dealkylation sites (tertiary alicyclic amines) is 1. The predicted octanol–water partition coefficient (Wildman–Crippen LogP) is 1.38. The highest BCUT2D eigenvalue weighted by molar-refractivity contribution is 5.67. The van der Waals surface area contributed by atoms with Crippen LogP contribution < -0.4 is 5.32 Å². The van der Waals surface area contributed by atoms with Crippen molar-refractivity contribution >= 4 is 6.09 Å². The maximum Gasteiger partial charge on any atom is 0.409 e. The van der Waals surface area contributed by atoms with Gasteiger partial charge in [-0.3, -0.25) is 0 Å². The van der Waals surface area contributed by atoms with E-state index in [4.69, 9.17) is 4.74 Å². The van der Waals surface area contributed by atoms with E-state index in [1.165, 1.54) is 0 Å². The zero-order valence-corrected chi connectivity index (χ0v) is 9.37. The number of hydrogen-bond acceptors (Lipinski definition) is 3. The normalized spacial score (nSPS) is 17.5. The van der Waals surface area contributed by atoms with Crippen molar-refractivity contribution in [3.8, 4) is 0 Å². The first-order valence-electron chi connectivity index (χ1n) is 5.54. The summed E-state index contributed by atoms with van der Waals surface area (Å²) in [5.41, 5.74) is 0. The first kappa shape index (κ1) is 12.0. The molecule has 1 saturated heterocycles. The average Bonchev–Trinajstić information content (AvgIpc) is 2.27. The summed E-state index contributed by atoms with van der Waals surface area (Å²) in [6, 6.07) is 0.508. The van der Waals surface area contributed by atoms with Crippen molar-refractivity contribution in [3.63, 3.8) is 0 Å². The lowest BCUT2D eigenvalue weighted by atomic mass is 10.1. The van der Waals surface area contributed by atoms with Crippen LogP contribution in [0.5, 0.6) is 0 Å². The van der Waals surface area contributed by atoms with Crippen molar-refractivity contribution < 1.29 is 9.53 Å². The summed E-state index contributed by atoms with van der Waals surface area (Å²) in [5, 5.41) is 3.37. The minimum atomic E-state index is -0.181. The maximum absolute atomic E-state index is 11.4. The van der Waals surface area contributed by atoms with E-state index in [1.807, 2.05) is 13.0 Å². The molecule has 4 heteroatoms. The van der Waals surface area contributed by atoms with Gasteiger partial charge in [0.05, 0.1) is 6.61 Å². The predicted molar refractivity (Wildman–Crippen MR) is 59.8 cm³/mol. The van der Waals surface area contributed by atoms with Gasteiger partial charge in [0.15, 0.2) is 0 Å². The van der Waals surface area contributed by atoms with Gasteiger partial charge in [-0.25, -0.2) is 4.79 Å². The van der Waals surface area contributed by atoms with Gasteiger partial charge in [0, 0.05) is 25.7 Å². The molecule has 15 heavy (non-hydrogen) atoms. The average molecular weight is 212 g/mol. The van der Waals surface area contributed by atoms with Gasteiger partial charge in [-0.1, -0.05) is 6.08 Å². The Bertz CT molecular complexity index is 211. The highest BCUT2D eigenvalue weighted by atomic mass is 16.6. The van der Waals surface area contributed by atoms with Crippen molar-refractivity contribution in [1.82, 2.24) is 10.2 Å². The van der Waals surface area contributed by atoms with Crippen molar-refractivity contribution in [2.24, 2.45) is 0 Å². The van der Waals surface area contributed by atoms with E-state index in [9.17, 15) is 4.79 Å². The monoisotopic (exact) mass is 212 g/mol. The van der Waals surface area contributed by atoms with Gasteiger partial charge in [-0.05, 0) is 19.8 Å². The number of carbonyl (C=O) groups is 1. The van der Waals surface area contributed by atoms with E-state index in [2.05, 4.69) is 11.9 Å². The van der Waals surface area contributed by atoms with Gasteiger partial charge in [0.1, 0.15) is 0 Å². The Labute approximate surface area is 91.3 Å². The Hall–Kier alpha value is -1.03. The Kier molecular flexibility index (Phi) is 5.18.